The summed E-state index contributed by atoms with van der Waals surface area (Å²) in [6.07, 6.45) is 1.04. The SMILES string of the molecule is O=C(O)c1cccc(Oc2cnc(NC(=O)C(Oc3ccc(F)cc3F)c3ccc(S(=O)(=O)C4CC4)cc3)s2)c1. The summed E-state index contributed by atoms with van der Waals surface area (Å²) >= 11 is 0.939. The Morgan fingerprint density at radius 1 is 1.05 bits per heavy atom. The maximum Gasteiger partial charge on any atom is 0.335 e. The van der Waals surface area contributed by atoms with Crippen LogP contribution in [0.25, 0.3) is 0 Å². The van der Waals surface area contributed by atoms with Crippen molar-refractivity contribution < 1.29 is 41.4 Å². The van der Waals surface area contributed by atoms with Crippen molar-refractivity contribution in [3.05, 3.63) is 95.7 Å². The van der Waals surface area contributed by atoms with Gasteiger partial charge in [0.15, 0.2) is 26.5 Å². The predicted molar refractivity (Wildman–Crippen MR) is 141 cm³/mol. The van der Waals surface area contributed by atoms with Gasteiger partial charge in [0.25, 0.3) is 5.91 Å². The number of amides is 1. The minimum atomic E-state index is -3.48. The van der Waals surface area contributed by atoms with Crippen molar-refractivity contribution in [1.29, 1.82) is 0 Å². The predicted octanol–water partition coefficient (Wildman–Crippen LogP) is 5.61. The highest BCUT2D eigenvalue weighted by atomic mass is 32.2. The summed E-state index contributed by atoms with van der Waals surface area (Å²) in [5.74, 6) is -3.89. The molecule has 9 nitrogen and oxygen atoms in total. The second-order valence-corrected chi connectivity index (χ2v) is 12.0. The van der Waals surface area contributed by atoms with E-state index in [9.17, 15) is 26.8 Å². The summed E-state index contributed by atoms with van der Waals surface area (Å²) in [6, 6.07) is 13.9. The number of nitrogens with zero attached hydrogens (tertiary/aromatic N) is 1. The molecule has 1 heterocycles. The second kappa shape index (κ2) is 11.0. The van der Waals surface area contributed by atoms with E-state index in [1.54, 1.807) is 6.07 Å². The Balaban J connectivity index is 1.37. The molecule has 40 heavy (non-hydrogen) atoms. The van der Waals surface area contributed by atoms with Crippen LogP contribution >= 0.6 is 11.3 Å². The molecule has 1 unspecified atom stereocenters. The summed E-state index contributed by atoms with van der Waals surface area (Å²) < 4.78 is 64.2. The van der Waals surface area contributed by atoms with Crippen LogP contribution in [0.4, 0.5) is 13.9 Å². The lowest BCUT2D eigenvalue weighted by Gasteiger charge is -2.19. The lowest BCUT2D eigenvalue weighted by molar-refractivity contribution is -0.123. The van der Waals surface area contributed by atoms with Gasteiger partial charge in [-0.05, 0) is 55.3 Å². The average molecular weight is 587 g/mol. The lowest BCUT2D eigenvalue weighted by atomic mass is 10.1. The first-order valence-corrected chi connectivity index (χ1v) is 14.2. The van der Waals surface area contributed by atoms with Gasteiger partial charge in [-0.25, -0.2) is 27.0 Å². The molecule has 1 saturated carbocycles. The molecule has 5 rings (SSSR count). The van der Waals surface area contributed by atoms with Gasteiger partial charge in [-0.2, -0.15) is 0 Å². The van der Waals surface area contributed by atoms with E-state index in [-0.39, 0.29) is 32.0 Å². The first kappa shape index (κ1) is 27.2. The standard InChI is InChI=1S/C27H20F2N2O7S2/c28-17-6-11-22(21(29)13-17)38-24(15-4-7-19(8-5-15)40(35,36)20-9-10-20)25(32)31-27-30-14-23(39-27)37-18-3-1-2-16(12-18)26(33)34/h1-8,11-14,20,24H,9-10H2,(H,33,34)(H,30,31,32). The van der Waals surface area contributed by atoms with Crippen LogP contribution in [0.2, 0.25) is 0 Å². The molecule has 13 heteroatoms. The highest BCUT2D eigenvalue weighted by Crippen LogP contribution is 2.35. The van der Waals surface area contributed by atoms with Gasteiger partial charge >= 0.3 is 5.97 Å². The largest absolute Gasteiger partial charge is 0.478 e. The highest BCUT2D eigenvalue weighted by molar-refractivity contribution is 7.92. The van der Waals surface area contributed by atoms with Gasteiger partial charge in [0, 0.05) is 11.6 Å². The number of anilines is 1. The molecule has 1 fully saturated rings. The van der Waals surface area contributed by atoms with E-state index in [2.05, 4.69) is 10.3 Å². The van der Waals surface area contributed by atoms with Crippen molar-refractivity contribution in [2.45, 2.75) is 29.1 Å². The van der Waals surface area contributed by atoms with Crippen LogP contribution < -0.4 is 14.8 Å². The van der Waals surface area contributed by atoms with Gasteiger partial charge in [0.05, 0.1) is 21.9 Å². The number of nitrogens with one attached hydrogen (secondary N) is 1. The summed E-state index contributed by atoms with van der Waals surface area (Å²) in [5, 5.41) is 11.6. The zero-order chi connectivity index (χ0) is 28.4. The molecule has 1 amide bonds. The van der Waals surface area contributed by atoms with E-state index >= 15 is 0 Å². The fourth-order valence-corrected chi connectivity index (χ4v) is 6.07. The minimum absolute atomic E-state index is 0.0273. The number of aromatic nitrogens is 1. The maximum absolute atomic E-state index is 14.4. The molecule has 0 aliphatic heterocycles. The summed E-state index contributed by atoms with van der Waals surface area (Å²) in [4.78, 5) is 28.7. The molecular weight excluding hydrogens is 566 g/mol. The monoisotopic (exact) mass is 586 g/mol. The van der Waals surface area contributed by atoms with Gasteiger partial charge in [0.2, 0.25) is 11.2 Å². The summed E-state index contributed by atoms with van der Waals surface area (Å²) in [6.45, 7) is 0. The maximum atomic E-state index is 14.4. The molecule has 206 valence electrons. The molecule has 1 atom stereocenters. The zero-order valence-electron chi connectivity index (χ0n) is 20.4. The third-order valence-electron chi connectivity index (χ3n) is 5.87. The van der Waals surface area contributed by atoms with Crippen LogP contribution in [-0.4, -0.2) is 35.6 Å². The number of hydrogen-bond donors (Lipinski definition) is 2. The van der Waals surface area contributed by atoms with E-state index < -0.39 is 50.5 Å². The third kappa shape index (κ3) is 6.10. The van der Waals surface area contributed by atoms with Crippen LogP contribution in [0.15, 0.2) is 77.8 Å². The molecule has 2 N–H and O–H groups in total. The Morgan fingerprint density at radius 3 is 2.48 bits per heavy atom. The number of hydrogen-bond acceptors (Lipinski definition) is 8. The minimum Gasteiger partial charge on any atom is -0.478 e. The van der Waals surface area contributed by atoms with Gasteiger partial charge < -0.3 is 14.6 Å². The number of rotatable bonds is 10. The van der Waals surface area contributed by atoms with E-state index in [0.717, 1.165) is 23.5 Å². The molecular formula is C27H20F2N2O7S2. The Bertz CT molecular complexity index is 1690. The Labute approximate surface area is 230 Å². The molecule has 0 saturated heterocycles. The van der Waals surface area contributed by atoms with Crippen LogP contribution in [0.1, 0.15) is 34.9 Å². The fraction of sp³-hybridized carbons (Fsp3) is 0.148. The van der Waals surface area contributed by atoms with Crippen LogP contribution in [0.5, 0.6) is 16.6 Å². The molecule has 0 spiro atoms. The number of benzene rings is 3. The summed E-state index contributed by atoms with van der Waals surface area (Å²) in [7, 11) is -3.48. The number of sulfone groups is 1. The zero-order valence-corrected chi connectivity index (χ0v) is 22.0. The Kier molecular flexibility index (Phi) is 7.50. The van der Waals surface area contributed by atoms with Gasteiger partial charge in [-0.3, -0.25) is 10.1 Å². The third-order valence-corrected chi connectivity index (χ3v) is 8.93. The van der Waals surface area contributed by atoms with Gasteiger partial charge in [-0.15, -0.1) is 0 Å². The van der Waals surface area contributed by atoms with E-state index in [4.69, 9.17) is 14.6 Å². The van der Waals surface area contributed by atoms with Crippen molar-refractivity contribution in [1.82, 2.24) is 4.98 Å². The normalized spacial score (nSPS) is 13.8. The number of carboxylic acid groups (broad SMARTS) is 1. The number of halogens is 2. The van der Waals surface area contributed by atoms with Crippen molar-refractivity contribution in [3.8, 4) is 16.6 Å². The van der Waals surface area contributed by atoms with Crippen LogP contribution in [-0.2, 0) is 14.6 Å². The van der Waals surface area contributed by atoms with Crippen LogP contribution in [0, 0.1) is 11.6 Å². The smallest absolute Gasteiger partial charge is 0.335 e. The van der Waals surface area contributed by atoms with E-state index in [1.807, 2.05) is 0 Å². The number of carbonyl (C=O) groups is 2. The number of carboxylic acids is 1. The Morgan fingerprint density at radius 2 is 1.80 bits per heavy atom. The molecule has 1 aromatic heterocycles. The van der Waals surface area contributed by atoms with Gasteiger partial charge in [0.1, 0.15) is 11.6 Å². The fourth-order valence-electron chi connectivity index (χ4n) is 3.72. The first-order valence-electron chi connectivity index (χ1n) is 11.8. The average Bonchev–Trinajstić information content (AvgIpc) is 3.70. The van der Waals surface area contributed by atoms with Crippen molar-refractivity contribution in [3.63, 3.8) is 0 Å². The quantitative estimate of drug-likeness (QED) is 0.245. The molecule has 0 bridgehead atoms. The van der Waals surface area contributed by atoms with E-state index in [1.165, 1.54) is 48.7 Å². The van der Waals surface area contributed by atoms with Crippen molar-refractivity contribution in [2.24, 2.45) is 0 Å². The van der Waals surface area contributed by atoms with Crippen molar-refractivity contribution in [2.75, 3.05) is 5.32 Å². The molecule has 0 radical (unpaired) electrons. The second-order valence-electron chi connectivity index (χ2n) is 8.79. The number of thiazole rings is 1. The van der Waals surface area contributed by atoms with Gasteiger partial charge in [-0.1, -0.05) is 29.5 Å². The van der Waals surface area contributed by atoms with E-state index in [0.29, 0.717) is 18.9 Å². The molecule has 1 aliphatic rings. The number of aromatic carboxylic acids is 1. The highest BCUT2D eigenvalue weighted by Gasteiger charge is 2.37. The lowest BCUT2D eigenvalue weighted by Crippen LogP contribution is -2.26. The first-order chi connectivity index (χ1) is 19.1. The number of ether oxygens (including phenoxy) is 2. The summed E-state index contributed by atoms with van der Waals surface area (Å²) in [5.41, 5.74) is 0.244. The number of carbonyl (C=O) groups excluding carboxylic acids is 1. The van der Waals surface area contributed by atoms with Crippen LogP contribution in [0.3, 0.4) is 0 Å². The molecule has 1 aliphatic carbocycles. The molecule has 3 aromatic carbocycles. The molecule has 4 aromatic rings. The Hall–Kier alpha value is -4.36. The van der Waals surface area contributed by atoms with Crippen molar-refractivity contribution >= 4 is 38.2 Å². The topological polar surface area (TPSA) is 132 Å².